The number of fused-ring (bicyclic) bond motifs is 1. The van der Waals surface area contributed by atoms with Crippen LogP contribution in [0.15, 0.2) is 27.7 Å². The van der Waals surface area contributed by atoms with Crippen molar-refractivity contribution in [3.63, 3.8) is 0 Å². The van der Waals surface area contributed by atoms with Gasteiger partial charge >= 0.3 is 0 Å². The number of aryl methyl sites for hydroxylation is 3. The molecule has 6 nitrogen and oxygen atoms in total. The molecule has 0 bridgehead atoms. The number of hydrogen-bond donors (Lipinski definition) is 2. The zero-order chi connectivity index (χ0) is 13.9. The van der Waals surface area contributed by atoms with Crippen molar-refractivity contribution in [2.45, 2.75) is 32.7 Å². The van der Waals surface area contributed by atoms with E-state index in [1.54, 1.807) is 6.92 Å². The molecular formula is C14H18IN5O. The number of nitrogens with one attached hydrogen (secondary N) is 1. The molecule has 0 saturated heterocycles. The summed E-state index contributed by atoms with van der Waals surface area (Å²) in [7, 11) is 0. The summed E-state index contributed by atoms with van der Waals surface area (Å²) in [6.45, 7) is 2.05. The van der Waals surface area contributed by atoms with E-state index in [9.17, 15) is 0 Å². The molecule has 0 atom stereocenters. The van der Waals surface area contributed by atoms with Crippen LogP contribution in [-0.4, -0.2) is 16.1 Å². The molecule has 0 unspecified atom stereocenters. The smallest absolute Gasteiger partial charge is 0.223 e. The predicted octanol–water partition coefficient (Wildman–Crippen LogP) is 2.41. The van der Waals surface area contributed by atoms with E-state index in [1.807, 2.05) is 6.07 Å². The maximum atomic E-state index is 5.86. The Morgan fingerprint density at radius 2 is 2.19 bits per heavy atom. The van der Waals surface area contributed by atoms with E-state index in [1.165, 1.54) is 24.0 Å². The summed E-state index contributed by atoms with van der Waals surface area (Å²) in [5.41, 5.74) is 9.66. The van der Waals surface area contributed by atoms with Crippen LogP contribution in [0, 0.1) is 6.92 Å². The lowest BCUT2D eigenvalue weighted by Gasteiger charge is -2.07. The molecule has 1 aliphatic carbocycles. The molecule has 7 heteroatoms. The number of aromatic nitrogens is 2. The second-order valence-corrected chi connectivity index (χ2v) is 4.89. The van der Waals surface area contributed by atoms with Crippen LogP contribution in [0.25, 0.3) is 0 Å². The minimum Gasteiger partial charge on any atom is -0.370 e. The second kappa shape index (κ2) is 6.88. The summed E-state index contributed by atoms with van der Waals surface area (Å²) in [6, 6.07) is 6.33. The van der Waals surface area contributed by atoms with Crippen LogP contribution in [0.4, 0.5) is 5.69 Å². The number of guanidine groups is 1. The van der Waals surface area contributed by atoms with E-state index in [-0.39, 0.29) is 24.0 Å². The van der Waals surface area contributed by atoms with Crippen LogP contribution in [-0.2, 0) is 19.4 Å². The number of aliphatic imine (C=N–C) groups is 1. The Kier molecular flexibility index (Phi) is 5.16. The number of nitrogens with zero attached hydrogens (tertiary/aromatic N) is 3. The van der Waals surface area contributed by atoms with Crippen LogP contribution in [0.3, 0.4) is 0 Å². The van der Waals surface area contributed by atoms with Gasteiger partial charge in [0.05, 0.1) is 0 Å². The van der Waals surface area contributed by atoms with Crippen molar-refractivity contribution in [1.29, 1.82) is 0 Å². The zero-order valence-corrected chi connectivity index (χ0v) is 14.1. The van der Waals surface area contributed by atoms with Crippen molar-refractivity contribution in [2.24, 2.45) is 10.7 Å². The van der Waals surface area contributed by atoms with Crippen molar-refractivity contribution in [3.8, 4) is 0 Å². The quantitative estimate of drug-likeness (QED) is 0.470. The van der Waals surface area contributed by atoms with Gasteiger partial charge in [-0.2, -0.15) is 4.98 Å². The first-order valence-corrected chi connectivity index (χ1v) is 6.68. The molecule has 1 heterocycles. The van der Waals surface area contributed by atoms with Crippen LogP contribution >= 0.6 is 24.0 Å². The van der Waals surface area contributed by atoms with Crippen molar-refractivity contribution in [2.75, 3.05) is 5.32 Å². The van der Waals surface area contributed by atoms with Crippen LogP contribution in [0.2, 0.25) is 0 Å². The molecule has 0 aliphatic heterocycles. The first-order chi connectivity index (χ1) is 9.70. The highest BCUT2D eigenvalue weighted by atomic mass is 127. The van der Waals surface area contributed by atoms with Crippen LogP contribution < -0.4 is 11.1 Å². The zero-order valence-electron chi connectivity index (χ0n) is 11.8. The number of rotatable bonds is 3. The van der Waals surface area contributed by atoms with Crippen molar-refractivity contribution >= 4 is 35.6 Å². The van der Waals surface area contributed by atoms with Gasteiger partial charge in [0.25, 0.3) is 0 Å². The van der Waals surface area contributed by atoms with Crippen molar-refractivity contribution < 1.29 is 4.52 Å². The lowest BCUT2D eigenvalue weighted by atomic mass is 10.1. The minimum atomic E-state index is 0. The molecule has 1 aromatic heterocycles. The van der Waals surface area contributed by atoms with E-state index < -0.39 is 0 Å². The maximum absolute atomic E-state index is 5.86. The minimum absolute atomic E-state index is 0. The molecule has 0 spiro atoms. The van der Waals surface area contributed by atoms with Crippen molar-refractivity contribution in [3.05, 3.63) is 41.0 Å². The summed E-state index contributed by atoms with van der Waals surface area (Å²) in [5, 5.41) is 6.86. The monoisotopic (exact) mass is 399 g/mol. The van der Waals surface area contributed by atoms with Gasteiger partial charge in [-0.25, -0.2) is 4.99 Å². The highest BCUT2D eigenvalue weighted by Gasteiger charge is 2.10. The van der Waals surface area contributed by atoms with Gasteiger partial charge in [0.1, 0.15) is 6.54 Å². The molecule has 0 saturated carbocycles. The lowest BCUT2D eigenvalue weighted by molar-refractivity contribution is 0.387. The first-order valence-electron chi connectivity index (χ1n) is 6.68. The third-order valence-corrected chi connectivity index (χ3v) is 3.33. The summed E-state index contributed by atoms with van der Waals surface area (Å²) < 4.78 is 4.87. The molecule has 3 N–H and O–H groups in total. The average molecular weight is 399 g/mol. The standard InChI is InChI=1S/C14H17N5O.HI/c1-9-17-13(19-20-9)8-16-14(15)18-12-6-5-10-3-2-4-11(10)7-12;/h5-7H,2-4,8H2,1H3,(H3,15,16,18);1H. The number of anilines is 1. The molecule has 0 radical (unpaired) electrons. The Morgan fingerprint density at radius 3 is 2.95 bits per heavy atom. The summed E-state index contributed by atoms with van der Waals surface area (Å²) in [6.07, 6.45) is 3.56. The fraction of sp³-hybridized carbons (Fsp3) is 0.357. The molecule has 1 aliphatic rings. The molecule has 3 rings (SSSR count). The number of benzene rings is 1. The van der Waals surface area contributed by atoms with E-state index in [4.69, 9.17) is 10.3 Å². The van der Waals surface area contributed by atoms with Gasteiger partial charge in [-0.3, -0.25) is 0 Å². The lowest BCUT2D eigenvalue weighted by Crippen LogP contribution is -2.22. The molecule has 1 aromatic carbocycles. The Labute approximate surface area is 140 Å². The van der Waals surface area contributed by atoms with E-state index in [0.29, 0.717) is 24.2 Å². The van der Waals surface area contributed by atoms with Gasteiger partial charge in [0.2, 0.25) is 5.89 Å². The fourth-order valence-electron chi connectivity index (χ4n) is 2.40. The molecule has 112 valence electrons. The topological polar surface area (TPSA) is 89.3 Å². The second-order valence-electron chi connectivity index (χ2n) is 4.89. The highest BCUT2D eigenvalue weighted by molar-refractivity contribution is 14.0. The number of halogens is 1. The van der Waals surface area contributed by atoms with E-state index in [2.05, 4.69) is 32.6 Å². The summed E-state index contributed by atoms with van der Waals surface area (Å²) >= 11 is 0. The first kappa shape index (κ1) is 15.7. The Morgan fingerprint density at radius 1 is 1.38 bits per heavy atom. The third-order valence-electron chi connectivity index (χ3n) is 3.33. The maximum Gasteiger partial charge on any atom is 0.223 e. The highest BCUT2D eigenvalue weighted by Crippen LogP contribution is 2.24. The van der Waals surface area contributed by atoms with E-state index >= 15 is 0 Å². The molecule has 21 heavy (non-hydrogen) atoms. The van der Waals surface area contributed by atoms with E-state index in [0.717, 1.165) is 12.1 Å². The van der Waals surface area contributed by atoms with Crippen LogP contribution in [0.1, 0.15) is 29.3 Å². The SMILES string of the molecule is Cc1nc(CN=C(N)Nc2ccc3c(c2)CCC3)no1.I. The van der Waals surface area contributed by atoms with Gasteiger partial charge in [0.15, 0.2) is 11.8 Å². The Hall–Kier alpha value is -1.64. The summed E-state index contributed by atoms with van der Waals surface area (Å²) in [5.74, 6) is 1.41. The van der Waals surface area contributed by atoms with Gasteiger partial charge in [-0.05, 0) is 42.5 Å². The van der Waals surface area contributed by atoms with Gasteiger partial charge in [0, 0.05) is 12.6 Å². The van der Waals surface area contributed by atoms with Gasteiger partial charge < -0.3 is 15.6 Å². The normalized spacial score (nSPS) is 13.7. The Bertz CT molecular complexity index is 653. The molecule has 0 amide bonds. The number of nitrogens with two attached hydrogens (primary N) is 1. The van der Waals surface area contributed by atoms with Gasteiger partial charge in [-0.1, -0.05) is 11.2 Å². The Balaban J connectivity index is 0.00000161. The molecule has 2 aromatic rings. The average Bonchev–Trinajstić information content (AvgIpc) is 3.04. The molecular weight excluding hydrogens is 381 g/mol. The third kappa shape index (κ3) is 3.93. The van der Waals surface area contributed by atoms with Crippen LogP contribution in [0.5, 0.6) is 0 Å². The largest absolute Gasteiger partial charge is 0.370 e. The fourth-order valence-corrected chi connectivity index (χ4v) is 2.40. The molecule has 0 fully saturated rings. The van der Waals surface area contributed by atoms with Gasteiger partial charge in [-0.15, -0.1) is 24.0 Å². The predicted molar refractivity (Wildman–Crippen MR) is 91.9 cm³/mol. The van der Waals surface area contributed by atoms with Crippen molar-refractivity contribution in [1.82, 2.24) is 10.1 Å². The number of hydrogen-bond acceptors (Lipinski definition) is 4. The summed E-state index contributed by atoms with van der Waals surface area (Å²) in [4.78, 5) is 8.26.